The van der Waals surface area contributed by atoms with E-state index in [-0.39, 0.29) is 6.10 Å². The lowest BCUT2D eigenvalue weighted by Gasteiger charge is -2.23. The molecule has 2 rings (SSSR count). The molecule has 1 fully saturated rings. The number of aliphatic hydroxyl groups is 2. The van der Waals surface area contributed by atoms with Crippen LogP contribution in [-0.4, -0.2) is 29.4 Å². The van der Waals surface area contributed by atoms with E-state index in [0.29, 0.717) is 13.0 Å². The number of rotatable bonds is 3. The second-order valence-corrected chi connectivity index (χ2v) is 4.37. The molecule has 16 heavy (non-hydrogen) atoms. The van der Waals surface area contributed by atoms with Gasteiger partial charge in [-0.15, -0.1) is 0 Å². The Kier molecular flexibility index (Phi) is 3.46. The van der Waals surface area contributed by atoms with Crippen molar-refractivity contribution in [3.8, 4) is 0 Å². The highest BCUT2D eigenvalue weighted by Gasteiger charge is 2.23. The zero-order valence-electron chi connectivity index (χ0n) is 9.63. The molecule has 0 amide bonds. The normalized spacial score (nSPS) is 22.4. The molecule has 1 heterocycles. The van der Waals surface area contributed by atoms with E-state index < -0.39 is 6.10 Å². The van der Waals surface area contributed by atoms with Crippen LogP contribution in [0.25, 0.3) is 0 Å². The van der Waals surface area contributed by atoms with Gasteiger partial charge in [0.25, 0.3) is 0 Å². The number of para-hydroxylation sites is 1. The second kappa shape index (κ2) is 4.85. The van der Waals surface area contributed by atoms with Crippen LogP contribution in [0.3, 0.4) is 0 Å². The first kappa shape index (κ1) is 11.4. The van der Waals surface area contributed by atoms with E-state index >= 15 is 0 Å². The lowest BCUT2D eigenvalue weighted by Crippen LogP contribution is -2.22. The first-order chi connectivity index (χ1) is 7.72. The van der Waals surface area contributed by atoms with Crippen LogP contribution in [0, 0.1) is 0 Å². The first-order valence-corrected chi connectivity index (χ1v) is 5.92. The summed E-state index contributed by atoms with van der Waals surface area (Å²) in [5, 5.41) is 19.5. The fraction of sp³-hybridized carbons (Fsp3) is 0.538. The number of anilines is 1. The Morgan fingerprint density at radius 3 is 2.81 bits per heavy atom. The maximum Gasteiger partial charge on any atom is 0.0807 e. The van der Waals surface area contributed by atoms with E-state index in [1.165, 1.54) is 0 Å². The smallest absolute Gasteiger partial charge is 0.0807 e. The molecule has 1 saturated heterocycles. The molecule has 3 heteroatoms. The van der Waals surface area contributed by atoms with Gasteiger partial charge in [0.2, 0.25) is 0 Å². The number of nitrogens with zero attached hydrogens (tertiary/aromatic N) is 1. The van der Waals surface area contributed by atoms with Crippen LogP contribution < -0.4 is 4.90 Å². The van der Waals surface area contributed by atoms with Crippen molar-refractivity contribution in [2.45, 2.75) is 32.0 Å². The van der Waals surface area contributed by atoms with Crippen LogP contribution >= 0.6 is 0 Å². The maximum atomic E-state index is 9.95. The molecule has 2 N–H and O–H groups in total. The number of aliphatic hydroxyl groups excluding tert-OH is 2. The van der Waals surface area contributed by atoms with Crippen LogP contribution in [0.2, 0.25) is 0 Å². The molecule has 3 nitrogen and oxygen atoms in total. The summed E-state index contributed by atoms with van der Waals surface area (Å²) in [6.45, 7) is 3.52. The minimum Gasteiger partial charge on any atom is -0.391 e. The number of benzene rings is 1. The van der Waals surface area contributed by atoms with Crippen molar-refractivity contribution in [1.82, 2.24) is 0 Å². The van der Waals surface area contributed by atoms with E-state index in [9.17, 15) is 10.2 Å². The van der Waals surface area contributed by atoms with E-state index in [2.05, 4.69) is 4.90 Å². The molecule has 0 spiro atoms. The molecule has 0 radical (unpaired) electrons. The van der Waals surface area contributed by atoms with Crippen molar-refractivity contribution in [1.29, 1.82) is 0 Å². The van der Waals surface area contributed by atoms with Crippen LogP contribution in [0.4, 0.5) is 5.69 Å². The number of β-amino-alcohol motifs (C(OH)–C–C–N with tert-alkyl or cyclic N) is 1. The zero-order valence-corrected chi connectivity index (χ0v) is 9.63. The van der Waals surface area contributed by atoms with Gasteiger partial charge in [0.1, 0.15) is 0 Å². The van der Waals surface area contributed by atoms with Gasteiger partial charge < -0.3 is 15.1 Å². The Balaban J connectivity index is 2.26. The van der Waals surface area contributed by atoms with Crippen molar-refractivity contribution >= 4 is 5.69 Å². The molecule has 0 aliphatic carbocycles. The van der Waals surface area contributed by atoms with Crippen LogP contribution in [0.15, 0.2) is 24.3 Å². The third kappa shape index (κ3) is 2.20. The highest BCUT2D eigenvalue weighted by Crippen LogP contribution is 2.30. The minimum absolute atomic E-state index is 0.230. The van der Waals surface area contributed by atoms with Crippen molar-refractivity contribution < 1.29 is 10.2 Å². The Morgan fingerprint density at radius 1 is 1.44 bits per heavy atom. The van der Waals surface area contributed by atoms with Crippen molar-refractivity contribution in [3.05, 3.63) is 29.8 Å². The Morgan fingerprint density at radius 2 is 2.19 bits per heavy atom. The summed E-state index contributed by atoms with van der Waals surface area (Å²) < 4.78 is 0. The molecule has 1 aromatic carbocycles. The van der Waals surface area contributed by atoms with Gasteiger partial charge in [-0.25, -0.2) is 0 Å². The summed E-state index contributed by atoms with van der Waals surface area (Å²) in [7, 11) is 0. The van der Waals surface area contributed by atoms with Crippen LogP contribution in [0.5, 0.6) is 0 Å². The molecule has 1 aromatic rings. The Hall–Kier alpha value is -1.06. The summed E-state index contributed by atoms with van der Waals surface area (Å²) in [5.41, 5.74) is 2.03. The van der Waals surface area contributed by atoms with Crippen LogP contribution in [0.1, 0.15) is 31.4 Å². The molecule has 0 bridgehead atoms. The van der Waals surface area contributed by atoms with Crippen molar-refractivity contribution in [2.24, 2.45) is 0 Å². The third-order valence-electron chi connectivity index (χ3n) is 3.19. The zero-order chi connectivity index (χ0) is 11.5. The number of hydrogen-bond acceptors (Lipinski definition) is 3. The fourth-order valence-corrected chi connectivity index (χ4v) is 2.24. The molecule has 1 aliphatic rings. The highest BCUT2D eigenvalue weighted by molar-refractivity contribution is 5.55. The van der Waals surface area contributed by atoms with Gasteiger partial charge in [0.05, 0.1) is 12.2 Å². The van der Waals surface area contributed by atoms with Gasteiger partial charge in [-0.1, -0.05) is 25.1 Å². The Labute approximate surface area is 96.3 Å². The predicted molar refractivity (Wildman–Crippen MR) is 64.5 cm³/mol. The summed E-state index contributed by atoms with van der Waals surface area (Å²) >= 11 is 0. The van der Waals surface area contributed by atoms with Crippen molar-refractivity contribution in [2.75, 3.05) is 18.0 Å². The summed E-state index contributed by atoms with van der Waals surface area (Å²) in [6, 6.07) is 7.91. The Bertz CT molecular complexity index is 354. The lowest BCUT2D eigenvalue weighted by atomic mass is 10.0. The molecule has 0 aromatic heterocycles. The van der Waals surface area contributed by atoms with Gasteiger partial charge in [0, 0.05) is 24.3 Å². The van der Waals surface area contributed by atoms with E-state index in [1.807, 2.05) is 31.2 Å². The molecule has 2 unspecified atom stereocenters. The van der Waals surface area contributed by atoms with Gasteiger partial charge >= 0.3 is 0 Å². The number of hydrogen-bond donors (Lipinski definition) is 2. The largest absolute Gasteiger partial charge is 0.391 e. The lowest BCUT2D eigenvalue weighted by molar-refractivity contribution is 0.174. The van der Waals surface area contributed by atoms with E-state index in [4.69, 9.17) is 0 Å². The predicted octanol–water partition coefficient (Wildman–Crippen LogP) is 1.70. The molecule has 0 saturated carbocycles. The summed E-state index contributed by atoms with van der Waals surface area (Å²) in [4.78, 5) is 2.15. The average Bonchev–Trinajstić information content (AvgIpc) is 2.75. The fourth-order valence-electron chi connectivity index (χ4n) is 2.24. The third-order valence-corrected chi connectivity index (χ3v) is 3.19. The van der Waals surface area contributed by atoms with E-state index in [0.717, 1.165) is 24.2 Å². The SMILES string of the molecule is CCC(O)c1ccccc1N1CCC(O)C1. The first-order valence-electron chi connectivity index (χ1n) is 5.92. The summed E-state index contributed by atoms with van der Waals surface area (Å²) in [5.74, 6) is 0. The topological polar surface area (TPSA) is 43.7 Å². The minimum atomic E-state index is -0.408. The van der Waals surface area contributed by atoms with Gasteiger partial charge in [-0.05, 0) is 18.9 Å². The van der Waals surface area contributed by atoms with Gasteiger partial charge in [-0.3, -0.25) is 0 Å². The van der Waals surface area contributed by atoms with E-state index in [1.54, 1.807) is 0 Å². The molecule has 1 aliphatic heterocycles. The second-order valence-electron chi connectivity index (χ2n) is 4.37. The van der Waals surface area contributed by atoms with Gasteiger partial charge in [0.15, 0.2) is 0 Å². The molecule has 88 valence electrons. The summed E-state index contributed by atoms with van der Waals surface area (Å²) in [6.07, 6.45) is 0.894. The molecule has 2 atom stereocenters. The monoisotopic (exact) mass is 221 g/mol. The maximum absolute atomic E-state index is 9.95. The standard InChI is InChI=1S/C13H19NO2/c1-2-13(16)11-5-3-4-6-12(11)14-8-7-10(15)9-14/h3-6,10,13,15-16H,2,7-9H2,1H3. The van der Waals surface area contributed by atoms with Crippen LogP contribution in [-0.2, 0) is 0 Å². The average molecular weight is 221 g/mol. The highest BCUT2D eigenvalue weighted by atomic mass is 16.3. The van der Waals surface area contributed by atoms with Gasteiger partial charge in [-0.2, -0.15) is 0 Å². The van der Waals surface area contributed by atoms with Crippen molar-refractivity contribution in [3.63, 3.8) is 0 Å². The quantitative estimate of drug-likeness (QED) is 0.816. The molecular weight excluding hydrogens is 202 g/mol. The molecular formula is C13H19NO2.